The number of anilines is 3. The molecule has 1 unspecified atom stereocenters. The summed E-state index contributed by atoms with van der Waals surface area (Å²) >= 11 is 0. The molecule has 1 atom stereocenters. The minimum absolute atomic E-state index is 0.416. The molecule has 106 valence electrons. The summed E-state index contributed by atoms with van der Waals surface area (Å²) in [6, 6.07) is 8.98. The quantitative estimate of drug-likeness (QED) is 0.932. The molecule has 0 amide bonds. The number of benzene rings is 1. The predicted molar refractivity (Wildman–Crippen MR) is 83.4 cm³/mol. The van der Waals surface area contributed by atoms with Crippen molar-refractivity contribution < 1.29 is 0 Å². The highest BCUT2D eigenvalue weighted by molar-refractivity contribution is 5.77. The molecule has 0 bridgehead atoms. The van der Waals surface area contributed by atoms with Crippen molar-refractivity contribution >= 4 is 17.2 Å². The average molecular weight is 270 g/mol. The second-order valence-electron chi connectivity index (χ2n) is 5.61. The number of nitrogen functional groups attached to an aromatic ring is 1. The van der Waals surface area contributed by atoms with Gasteiger partial charge in [-0.3, -0.25) is 4.68 Å². The topological polar surface area (TPSA) is 47.1 Å². The van der Waals surface area contributed by atoms with E-state index in [4.69, 9.17) is 5.73 Å². The molecule has 0 aliphatic carbocycles. The van der Waals surface area contributed by atoms with E-state index in [-0.39, 0.29) is 0 Å². The first kappa shape index (κ1) is 13.0. The fraction of sp³-hybridized carbons (Fsp3) is 0.438. The lowest BCUT2D eigenvalue weighted by atomic mass is 10.1. The van der Waals surface area contributed by atoms with E-state index in [1.807, 2.05) is 11.7 Å². The summed E-state index contributed by atoms with van der Waals surface area (Å²) in [7, 11) is 1.98. The third kappa shape index (κ3) is 1.87. The van der Waals surface area contributed by atoms with Gasteiger partial charge in [-0.05, 0) is 31.4 Å². The number of hydrogen-bond acceptors (Lipinski definition) is 3. The van der Waals surface area contributed by atoms with E-state index in [9.17, 15) is 0 Å². The first-order valence-electron chi connectivity index (χ1n) is 7.32. The van der Waals surface area contributed by atoms with Crippen molar-refractivity contribution in [3.63, 3.8) is 0 Å². The van der Waals surface area contributed by atoms with Crippen molar-refractivity contribution in [3.8, 4) is 0 Å². The summed E-state index contributed by atoms with van der Waals surface area (Å²) in [5.41, 5.74) is 10.9. The molecule has 0 fully saturated rings. The predicted octanol–water partition coefficient (Wildman–Crippen LogP) is 3.04. The Morgan fingerprint density at radius 3 is 2.85 bits per heavy atom. The second kappa shape index (κ2) is 4.85. The Morgan fingerprint density at radius 2 is 2.10 bits per heavy atom. The van der Waals surface area contributed by atoms with Crippen LogP contribution in [0, 0.1) is 0 Å². The largest absolute Gasteiger partial charge is 0.394 e. The van der Waals surface area contributed by atoms with Crippen LogP contribution >= 0.6 is 0 Å². The maximum absolute atomic E-state index is 6.36. The lowest BCUT2D eigenvalue weighted by molar-refractivity contribution is 0.688. The molecule has 2 N–H and O–H groups in total. The summed E-state index contributed by atoms with van der Waals surface area (Å²) in [6.07, 6.45) is 3.06. The second-order valence-corrected chi connectivity index (χ2v) is 5.61. The van der Waals surface area contributed by atoms with Crippen LogP contribution in [0.2, 0.25) is 0 Å². The van der Waals surface area contributed by atoms with Crippen LogP contribution in [-0.2, 0) is 19.9 Å². The van der Waals surface area contributed by atoms with Crippen LogP contribution in [0.5, 0.6) is 0 Å². The first-order valence-corrected chi connectivity index (χ1v) is 7.32. The molecule has 20 heavy (non-hydrogen) atoms. The number of aryl methyl sites for hydroxylation is 2. The fourth-order valence-corrected chi connectivity index (χ4v) is 3.18. The highest BCUT2D eigenvalue weighted by Gasteiger charge is 2.31. The van der Waals surface area contributed by atoms with Gasteiger partial charge in [0.15, 0.2) is 5.82 Å². The van der Waals surface area contributed by atoms with Crippen molar-refractivity contribution in [2.24, 2.45) is 7.05 Å². The smallest absolute Gasteiger partial charge is 0.155 e. The normalized spacial score (nSPS) is 17.6. The molecular formula is C16H22N4. The van der Waals surface area contributed by atoms with Crippen molar-refractivity contribution in [2.75, 3.05) is 10.6 Å². The Bertz CT molecular complexity index is 629. The van der Waals surface area contributed by atoms with Gasteiger partial charge in [-0.25, -0.2) is 0 Å². The van der Waals surface area contributed by atoms with Gasteiger partial charge in [-0.15, -0.1) is 0 Å². The molecule has 0 saturated heterocycles. The molecule has 0 radical (unpaired) electrons. The Hall–Kier alpha value is -1.97. The van der Waals surface area contributed by atoms with Gasteiger partial charge in [0.05, 0.1) is 11.4 Å². The van der Waals surface area contributed by atoms with Crippen molar-refractivity contribution in [3.05, 3.63) is 35.5 Å². The van der Waals surface area contributed by atoms with E-state index in [1.54, 1.807) is 0 Å². The van der Waals surface area contributed by atoms with Crippen LogP contribution in [0.15, 0.2) is 24.3 Å². The Morgan fingerprint density at radius 1 is 1.35 bits per heavy atom. The van der Waals surface area contributed by atoms with Gasteiger partial charge in [0.1, 0.15) is 0 Å². The number of fused-ring (bicyclic) bond motifs is 1. The lowest BCUT2D eigenvalue weighted by Crippen LogP contribution is -2.26. The van der Waals surface area contributed by atoms with Crippen LogP contribution in [-0.4, -0.2) is 15.8 Å². The molecule has 1 aromatic heterocycles. The lowest BCUT2D eigenvalue weighted by Gasteiger charge is -2.25. The maximum Gasteiger partial charge on any atom is 0.155 e. The molecular weight excluding hydrogens is 248 g/mol. The zero-order valence-electron chi connectivity index (χ0n) is 12.4. The molecule has 4 heteroatoms. The summed E-state index contributed by atoms with van der Waals surface area (Å²) in [4.78, 5) is 2.33. The average Bonchev–Trinajstić information content (AvgIpc) is 2.88. The molecule has 3 rings (SSSR count). The molecule has 0 spiro atoms. The molecule has 4 nitrogen and oxygen atoms in total. The minimum Gasteiger partial charge on any atom is -0.394 e. The Balaban J connectivity index is 2.10. The van der Waals surface area contributed by atoms with Crippen molar-refractivity contribution in [1.29, 1.82) is 0 Å². The van der Waals surface area contributed by atoms with Gasteiger partial charge in [0.25, 0.3) is 0 Å². The molecule has 2 heterocycles. The van der Waals surface area contributed by atoms with Crippen LogP contribution in [0.25, 0.3) is 0 Å². The van der Waals surface area contributed by atoms with Gasteiger partial charge < -0.3 is 10.6 Å². The van der Waals surface area contributed by atoms with E-state index in [1.165, 1.54) is 11.3 Å². The highest BCUT2D eigenvalue weighted by Crippen LogP contribution is 2.41. The van der Waals surface area contributed by atoms with Crippen LogP contribution in [0.3, 0.4) is 0 Å². The van der Waals surface area contributed by atoms with E-state index in [0.717, 1.165) is 36.5 Å². The number of nitrogens with zero attached hydrogens (tertiary/aromatic N) is 3. The molecule has 1 aliphatic rings. The molecule has 1 aliphatic heterocycles. The van der Waals surface area contributed by atoms with Gasteiger partial charge in [0, 0.05) is 18.8 Å². The van der Waals surface area contributed by atoms with Gasteiger partial charge in [-0.1, -0.05) is 31.5 Å². The highest BCUT2D eigenvalue weighted by atomic mass is 15.4. The standard InChI is InChI=1S/C16H22N4/c1-4-7-13-15(17)16(19(3)18-13)20-11(2)10-12-8-5-6-9-14(12)20/h5-6,8-9,11H,4,7,10,17H2,1-3H3. The van der Waals surface area contributed by atoms with Crippen LogP contribution in [0.1, 0.15) is 31.5 Å². The SMILES string of the molecule is CCCc1nn(C)c(N2c3ccccc3CC2C)c1N. The van der Waals surface area contributed by atoms with Gasteiger partial charge >= 0.3 is 0 Å². The number of rotatable bonds is 3. The number of para-hydroxylation sites is 1. The monoisotopic (exact) mass is 270 g/mol. The minimum atomic E-state index is 0.416. The van der Waals surface area contributed by atoms with Crippen LogP contribution < -0.4 is 10.6 Å². The fourth-order valence-electron chi connectivity index (χ4n) is 3.18. The zero-order chi connectivity index (χ0) is 14.3. The summed E-state index contributed by atoms with van der Waals surface area (Å²) in [5.74, 6) is 1.03. The Kier molecular flexibility index (Phi) is 3.16. The molecule has 0 saturated carbocycles. The summed E-state index contributed by atoms with van der Waals surface area (Å²) in [5, 5.41) is 4.60. The van der Waals surface area contributed by atoms with E-state index >= 15 is 0 Å². The van der Waals surface area contributed by atoms with Gasteiger partial charge in [0.2, 0.25) is 0 Å². The summed E-state index contributed by atoms with van der Waals surface area (Å²) < 4.78 is 1.93. The molecule has 1 aromatic carbocycles. The summed E-state index contributed by atoms with van der Waals surface area (Å²) in [6.45, 7) is 4.40. The Labute approximate surface area is 120 Å². The van der Waals surface area contributed by atoms with Crippen molar-refractivity contribution in [1.82, 2.24) is 9.78 Å². The maximum atomic E-state index is 6.36. The number of aromatic nitrogens is 2. The zero-order valence-corrected chi connectivity index (χ0v) is 12.4. The van der Waals surface area contributed by atoms with Crippen LogP contribution in [0.4, 0.5) is 17.2 Å². The van der Waals surface area contributed by atoms with Crippen molar-refractivity contribution in [2.45, 2.75) is 39.2 Å². The molecule has 2 aromatic rings. The van der Waals surface area contributed by atoms with Gasteiger partial charge in [-0.2, -0.15) is 5.10 Å². The number of nitrogens with two attached hydrogens (primary N) is 1. The van der Waals surface area contributed by atoms with E-state index in [2.05, 4.69) is 48.1 Å². The van der Waals surface area contributed by atoms with E-state index < -0.39 is 0 Å². The third-order valence-corrected chi connectivity index (χ3v) is 4.05. The first-order chi connectivity index (χ1) is 9.63. The van der Waals surface area contributed by atoms with E-state index in [0.29, 0.717) is 6.04 Å². The number of hydrogen-bond donors (Lipinski definition) is 1. The third-order valence-electron chi connectivity index (χ3n) is 4.05.